The van der Waals surface area contributed by atoms with Gasteiger partial charge in [0.1, 0.15) is 0 Å². The van der Waals surface area contributed by atoms with Crippen molar-refractivity contribution in [2.24, 2.45) is 10.2 Å². The topological polar surface area (TPSA) is 24.7 Å². The first-order valence-corrected chi connectivity index (χ1v) is 2.27. The predicted octanol–water partition coefficient (Wildman–Crippen LogP) is 1.75. The van der Waals surface area contributed by atoms with Gasteiger partial charge >= 0.3 is 0 Å². The van der Waals surface area contributed by atoms with Crippen LogP contribution in [0.2, 0.25) is 0 Å². The molecule has 0 N–H and O–H groups in total. The van der Waals surface area contributed by atoms with Crippen molar-refractivity contribution in [1.29, 1.82) is 0 Å². The molecule has 0 aromatic carbocycles. The standard InChI is InChI=1S/C3H5ClN2/c1-2-3(4)5-6-3/h2H2,1H3. The van der Waals surface area contributed by atoms with E-state index in [1.54, 1.807) is 0 Å². The summed E-state index contributed by atoms with van der Waals surface area (Å²) in [7, 11) is 0. The molecular weight excluding hydrogens is 99.5 g/mol. The van der Waals surface area contributed by atoms with E-state index in [1.165, 1.54) is 0 Å². The highest BCUT2D eigenvalue weighted by atomic mass is 35.5. The lowest BCUT2D eigenvalue weighted by Crippen LogP contribution is -1.93. The number of rotatable bonds is 1. The molecule has 0 aromatic heterocycles. The van der Waals surface area contributed by atoms with Crippen molar-refractivity contribution < 1.29 is 0 Å². The minimum Gasteiger partial charge on any atom is -0.141 e. The average Bonchev–Trinajstić information content (AvgIpc) is 2.22. The quantitative estimate of drug-likeness (QED) is 0.358. The van der Waals surface area contributed by atoms with Crippen LogP contribution in [0.5, 0.6) is 0 Å². The first-order valence-electron chi connectivity index (χ1n) is 1.90. The Morgan fingerprint density at radius 3 is 2.17 bits per heavy atom. The van der Waals surface area contributed by atoms with Gasteiger partial charge in [0.2, 0.25) is 0 Å². The van der Waals surface area contributed by atoms with Gasteiger partial charge in [0.25, 0.3) is 5.12 Å². The van der Waals surface area contributed by atoms with Crippen molar-refractivity contribution >= 4 is 11.6 Å². The summed E-state index contributed by atoms with van der Waals surface area (Å²) in [5.41, 5.74) is 0. The molecule has 0 amide bonds. The number of hydrogen-bond donors (Lipinski definition) is 0. The van der Waals surface area contributed by atoms with Crippen molar-refractivity contribution in [2.75, 3.05) is 0 Å². The molecule has 0 atom stereocenters. The molecule has 0 saturated heterocycles. The van der Waals surface area contributed by atoms with Crippen LogP contribution in [-0.4, -0.2) is 5.12 Å². The van der Waals surface area contributed by atoms with Gasteiger partial charge in [0, 0.05) is 6.42 Å². The molecule has 3 heteroatoms. The SMILES string of the molecule is CCC1(Cl)N=N1. The van der Waals surface area contributed by atoms with E-state index in [2.05, 4.69) is 10.2 Å². The Kier molecular flexibility index (Phi) is 0.634. The molecule has 0 radical (unpaired) electrons. The Labute approximate surface area is 41.2 Å². The highest BCUT2D eigenvalue weighted by molar-refractivity contribution is 6.24. The summed E-state index contributed by atoms with van der Waals surface area (Å²) in [5, 5.41) is 6.60. The summed E-state index contributed by atoms with van der Waals surface area (Å²) in [6, 6.07) is 0. The summed E-state index contributed by atoms with van der Waals surface area (Å²) in [6.45, 7) is 1.95. The van der Waals surface area contributed by atoms with Crippen LogP contribution >= 0.6 is 11.6 Å². The lowest BCUT2D eigenvalue weighted by molar-refractivity contribution is 0.793. The smallest absolute Gasteiger partial charge is 0.141 e. The van der Waals surface area contributed by atoms with Gasteiger partial charge in [0.05, 0.1) is 0 Å². The first-order chi connectivity index (χ1) is 2.77. The Hall–Kier alpha value is -0.110. The zero-order valence-corrected chi connectivity index (χ0v) is 4.24. The zero-order chi connectivity index (χ0) is 4.62. The van der Waals surface area contributed by atoms with E-state index in [0.29, 0.717) is 0 Å². The molecule has 6 heavy (non-hydrogen) atoms. The van der Waals surface area contributed by atoms with Gasteiger partial charge < -0.3 is 0 Å². The van der Waals surface area contributed by atoms with E-state index in [-0.39, 0.29) is 0 Å². The average molecular weight is 105 g/mol. The van der Waals surface area contributed by atoms with Crippen molar-refractivity contribution in [3.63, 3.8) is 0 Å². The first kappa shape index (κ1) is 4.06. The summed E-state index contributed by atoms with van der Waals surface area (Å²) in [5.74, 6) is 0. The predicted molar refractivity (Wildman–Crippen MR) is 23.7 cm³/mol. The summed E-state index contributed by atoms with van der Waals surface area (Å²) in [4.78, 5) is 0. The van der Waals surface area contributed by atoms with Crippen LogP contribution in [0.3, 0.4) is 0 Å². The number of alkyl halides is 1. The second-order valence-corrected chi connectivity index (χ2v) is 1.88. The number of halogens is 1. The largest absolute Gasteiger partial charge is 0.263 e. The maximum atomic E-state index is 5.50. The fourth-order valence-electron chi connectivity index (χ4n) is 0.196. The van der Waals surface area contributed by atoms with Crippen molar-refractivity contribution in [3.05, 3.63) is 0 Å². The normalized spacial score (nSPS) is 24.3. The van der Waals surface area contributed by atoms with Gasteiger partial charge in [0.15, 0.2) is 0 Å². The molecule has 0 bridgehead atoms. The zero-order valence-electron chi connectivity index (χ0n) is 3.48. The van der Waals surface area contributed by atoms with Gasteiger partial charge in [-0.2, -0.15) is 0 Å². The van der Waals surface area contributed by atoms with Crippen LogP contribution < -0.4 is 0 Å². The Balaban J connectivity index is 2.32. The molecule has 1 heterocycles. The molecule has 1 aliphatic heterocycles. The summed E-state index contributed by atoms with van der Waals surface area (Å²) in [6.07, 6.45) is 0.814. The lowest BCUT2D eigenvalue weighted by atomic mass is 10.4. The molecule has 0 spiro atoms. The van der Waals surface area contributed by atoms with E-state index in [0.717, 1.165) is 6.42 Å². The highest BCUT2D eigenvalue weighted by Crippen LogP contribution is 2.35. The summed E-state index contributed by atoms with van der Waals surface area (Å²) >= 11 is 5.50. The molecular formula is C3H5ClN2. The molecule has 1 aliphatic rings. The minimum atomic E-state index is -0.486. The number of hydrogen-bond acceptors (Lipinski definition) is 2. The van der Waals surface area contributed by atoms with Crippen molar-refractivity contribution in [1.82, 2.24) is 0 Å². The molecule has 0 saturated carbocycles. The van der Waals surface area contributed by atoms with Gasteiger partial charge in [-0.25, -0.2) is 0 Å². The third-order valence-electron chi connectivity index (χ3n) is 0.767. The van der Waals surface area contributed by atoms with Crippen LogP contribution in [0.25, 0.3) is 0 Å². The van der Waals surface area contributed by atoms with Crippen molar-refractivity contribution in [3.8, 4) is 0 Å². The van der Waals surface area contributed by atoms with E-state index < -0.39 is 5.12 Å². The van der Waals surface area contributed by atoms with E-state index in [9.17, 15) is 0 Å². The molecule has 0 aromatic rings. The minimum absolute atomic E-state index is 0.486. The van der Waals surface area contributed by atoms with E-state index >= 15 is 0 Å². The fourth-order valence-corrected chi connectivity index (χ4v) is 0.233. The van der Waals surface area contributed by atoms with Crippen LogP contribution in [-0.2, 0) is 0 Å². The van der Waals surface area contributed by atoms with Gasteiger partial charge in [-0.05, 0) is 0 Å². The monoisotopic (exact) mass is 104 g/mol. The molecule has 2 nitrogen and oxygen atoms in total. The van der Waals surface area contributed by atoms with Crippen LogP contribution in [0.1, 0.15) is 13.3 Å². The van der Waals surface area contributed by atoms with E-state index in [4.69, 9.17) is 11.6 Å². The second kappa shape index (κ2) is 0.936. The molecule has 34 valence electrons. The molecule has 0 aliphatic carbocycles. The van der Waals surface area contributed by atoms with Gasteiger partial charge in [-0.3, -0.25) is 0 Å². The Morgan fingerprint density at radius 2 is 2.17 bits per heavy atom. The Bertz CT molecular complexity index is 82.8. The molecule has 0 fully saturated rings. The number of nitrogens with zero attached hydrogens (tertiary/aromatic N) is 2. The molecule has 1 rings (SSSR count). The van der Waals surface area contributed by atoms with Crippen LogP contribution in [0, 0.1) is 0 Å². The fraction of sp³-hybridized carbons (Fsp3) is 1.00. The van der Waals surface area contributed by atoms with Gasteiger partial charge in [-0.15, -0.1) is 10.2 Å². The van der Waals surface area contributed by atoms with Gasteiger partial charge in [-0.1, -0.05) is 18.5 Å². The third kappa shape index (κ3) is 0.522. The third-order valence-corrected chi connectivity index (χ3v) is 1.19. The maximum Gasteiger partial charge on any atom is 0.263 e. The molecule has 0 unspecified atom stereocenters. The maximum absolute atomic E-state index is 5.50. The van der Waals surface area contributed by atoms with Crippen molar-refractivity contribution in [2.45, 2.75) is 18.5 Å². The summed E-state index contributed by atoms with van der Waals surface area (Å²) < 4.78 is 0. The van der Waals surface area contributed by atoms with Crippen LogP contribution in [0.15, 0.2) is 10.2 Å². The highest BCUT2D eigenvalue weighted by Gasteiger charge is 2.34. The second-order valence-electron chi connectivity index (χ2n) is 1.27. The Morgan fingerprint density at radius 1 is 1.67 bits per heavy atom. The lowest BCUT2D eigenvalue weighted by Gasteiger charge is -1.87. The van der Waals surface area contributed by atoms with Crippen LogP contribution in [0.4, 0.5) is 0 Å². The van der Waals surface area contributed by atoms with E-state index in [1.807, 2.05) is 6.92 Å².